The number of nitriles is 1. The molecule has 186 valence electrons. The van der Waals surface area contributed by atoms with Gasteiger partial charge in [0, 0.05) is 50.7 Å². The third-order valence-corrected chi connectivity index (χ3v) is 7.62. The largest absolute Gasteiger partial charge is 0.400 e. The van der Waals surface area contributed by atoms with Crippen LogP contribution in [-0.4, -0.2) is 84.4 Å². The van der Waals surface area contributed by atoms with E-state index in [9.17, 15) is 9.59 Å². The van der Waals surface area contributed by atoms with Crippen LogP contribution in [0.2, 0.25) is 0 Å². The summed E-state index contributed by atoms with van der Waals surface area (Å²) in [6.07, 6.45) is 3.91. The summed E-state index contributed by atoms with van der Waals surface area (Å²) in [5.41, 5.74) is 8.04. The fourth-order valence-electron chi connectivity index (χ4n) is 4.44. The number of nitrogens with zero attached hydrogens (tertiary/aromatic N) is 4. The number of carbonyl (C=O) groups excluding carboxylic acids is 2. The van der Waals surface area contributed by atoms with Crippen molar-refractivity contribution in [3.8, 4) is 6.07 Å². The number of piperidine rings is 1. The van der Waals surface area contributed by atoms with E-state index < -0.39 is 5.25 Å². The first-order valence-corrected chi connectivity index (χ1v) is 13.1. The van der Waals surface area contributed by atoms with Gasteiger partial charge in [0.05, 0.1) is 30.4 Å². The standard InChI is InChI=1S/C25H32N6O3S/c26-17-18-6-4-7-19(16-18)29-23(32)22-21(27)20(25(33)31-10-2-1-3-11-31)24(35-22)28-8-5-9-30-12-14-34-15-13-30/h4,6-7,16,22H,1-3,5,8-15,27H2,(H,29,32). The fourth-order valence-corrected chi connectivity index (χ4v) is 5.57. The zero-order chi connectivity index (χ0) is 24.6. The van der Waals surface area contributed by atoms with Crippen molar-refractivity contribution in [2.45, 2.75) is 30.9 Å². The SMILES string of the molecule is N#Cc1cccc(NC(=O)C2SC(=NCCCN3CCOCC3)C(C(=O)N3CCCCC3)=C2N)c1. The third-order valence-electron chi connectivity index (χ3n) is 6.36. The first-order chi connectivity index (χ1) is 17.1. The quantitative estimate of drug-likeness (QED) is 0.553. The van der Waals surface area contributed by atoms with E-state index in [1.165, 1.54) is 11.8 Å². The monoisotopic (exact) mass is 496 g/mol. The average molecular weight is 497 g/mol. The molecule has 10 heteroatoms. The summed E-state index contributed by atoms with van der Waals surface area (Å²) in [5, 5.41) is 11.8. The highest BCUT2D eigenvalue weighted by Gasteiger charge is 2.39. The summed E-state index contributed by atoms with van der Waals surface area (Å²) in [5.74, 6) is -0.464. The van der Waals surface area contributed by atoms with Crippen LogP contribution in [0.5, 0.6) is 0 Å². The summed E-state index contributed by atoms with van der Waals surface area (Å²) in [4.78, 5) is 35.4. The van der Waals surface area contributed by atoms with Crippen molar-refractivity contribution in [3.63, 3.8) is 0 Å². The summed E-state index contributed by atoms with van der Waals surface area (Å²) in [7, 11) is 0. The van der Waals surface area contributed by atoms with Gasteiger partial charge in [-0.3, -0.25) is 19.5 Å². The summed E-state index contributed by atoms with van der Waals surface area (Å²) in [6, 6.07) is 8.78. The number of nitrogens with two attached hydrogens (primary N) is 1. The maximum Gasteiger partial charge on any atom is 0.258 e. The molecule has 2 fully saturated rings. The topological polar surface area (TPSA) is 124 Å². The van der Waals surface area contributed by atoms with Crippen LogP contribution in [0.15, 0.2) is 40.5 Å². The smallest absolute Gasteiger partial charge is 0.258 e. The van der Waals surface area contributed by atoms with E-state index in [1.807, 2.05) is 4.90 Å². The molecule has 35 heavy (non-hydrogen) atoms. The van der Waals surface area contributed by atoms with Gasteiger partial charge in [-0.15, -0.1) is 0 Å². The molecule has 2 saturated heterocycles. The zero-order valence-corrected chi connectivity index (χ0v) is 20.7. The molecule has 2 amide bonds. The minimum absolute atomic E-state index is 0.136. The number of thioether (sulfide) groups is 1. The molecule has 1 atom stereocenters. The molecule has 4 rings (SSSR count). The van der Waals surface area contributed by atoms with Crippen molar-refractivity contribution in [2.24, 2.45) is 10.7 Å². The van der Waals surface area contributed by atoms with Gasteiger partial charge < -0.3 is 20.7 Å². The van der Waals surface area contributed by atoms with Gasteiger partial charge in [0.2, 0.25) is 5.91 Å². The Bertz CT molecular complexity index is 1040. The van der Waals surface area contributed by atoms with Crippen LogP contribution >= 0.6 is 11.8 Å². The molecule has 3 heterocycles. The lowest BCUT2D eigenvalue weighted by atomic mass is 10.1. The van der Waals surface area contributed by atoms with Crippen LogP contribution in [0.1, 0.15) is 31.2 Å². The predicted octanol–water partition coefficient (Wildman–Crippen LogP) is 1.96. The Hall–Kier alpha value is -2.87. The van der Waals surface area contributed by atoms with Gasteiger partial charge >= 0.3 is 0 Å². The Balaban J connectivity index is 1.48. The molecule has 0 bridgehead atoms. The number of likely N-dealkylation sites (tertiary alicyclic amines) is 1. The van der Waals surface area contributed by atoms with Crippen molar-refractivity contribution < 1.29 is 14.3 Å². The maximum absolute atomic E-state index is 13.4. The highest BCUT2D eigenvalue weighted by molar-refractivity contribution is 8.16. The number of nitrogens with one attached hydrogen (secondary N) is 1. The van der Waals surface area contributed by atoms with E-state index in [-0.39, 0.29) is 17.5 Å². The number of rotatable bonds is 7. The van der Waals surface area contributed by atoms with E-state index in [4.69, 9.17) is 20.7 Å². The van der Waals surface area contributed by atoms with Crippen molar-refractivity contribution in [2.75, 3.05) is 57.8 Å². The predicted molar refractivity (Wildman–Crippen MR) is 137 cm³/mol. The number of hydrogen-bond donors (Lipinski definition) is 2. The van der Waals surface area contributed by atoms with Crippen LogP contribution in [0.4, 0.5) is 5.69 Å². The Kier molecular flexibility index (Phi) is 8.79. The minimum Gasteiger partial charge on any atom is -0.400 e. The second-order valence-corrected chi connectivity index (χ2v) is 9.95. The number of ether oxygens (including phenoxy) is 1. The molecule has 3 N–H and O–H groups in total. The molecular weight excluding hydrogens is 464 g/mol. The van der Waals surface area contributed by atoms with E-state index >= 15 is 0 Å². The van der Waals surface area contributed by atoms with Gasteiger partial charge in [-0.2, -0.15) is 5.26 Å². The molecule has 0 aliphatic carbocycles. The van der Waals surface area contributed by atoms with Crippen LogP contribution in [0.3, 0.4) is 0 Å². The van der Waals surface area contributed by atoms with Crippen molar-refractivity contribution in [1.82, 2.24) is 9.80 Å². The second-order valence-electron chi connectivity index (χ2n) is 8.86. The number of aliphatic imine (C=N–C) groups is 1. The van der Waals surface area contributed by atoms with E-state index in [0.29, 0.717) is 41.5 Å². The molecule has 9 nitrogen and oxygen atoms in total. The van der Waals surface area contributed by atoms with E-state index in [2.05, 4.69) is 16.3 Å². The lowest BCUT2D eigenvalue weighted by molar-refractivity contribution is -0.127. The van der Waals surface area contributed by atoms with Gasteiger partial charge in [-0.1, -0.05) is 17.8 Å². The Morgan fingerprint density at radius 2 is 1.97 bits per heavy atom. The molecule has 1 aromatic rings. The molecule has 3 aliphatic heterocycles. The summed E-state index contributed by atoms with van der Waals surface area (Å²) >= 11 is 1.24. The van der Waals surface area contributed by atoms with Crippen LogP contribution in [0, 0.1) is 11.3 Å². The third kappa shape index (κ3) is 6.42. The molecule has 1 unspecified atom stereocenters. The van der Waals surface area contributed by atoms with Crippen molar-refractivity contribution >= 4 is 34.3 Å². The number of morpholine rings is 1. The molecule has 0 aromatic heterocycles. The number of benzene rings is 1. The Morgan fingerprint density at radius 1 is 1.20 bits per heavy atom. The molecule has 3 aliphatic rings. The number of carbonyl (C=O) groups is 2. The van der Waals surface area contributed by atoms with Crippen LogP contribution in [0.25, 0.3) is 0 Å². The van der Waals surface area contributed by atoms with Gasteiger partial charge in [0.25, 0.3) is 5.91 Å². The Labute approximate surface area is 210 Å². The second kappa shape index (κ2) is 12.2. The number of hydrogen-bond acceptors (Lipinski definition) is 8. The van der Waals surface area contributed by atoms with E-state index in [0.717, 1.165) is 58.5 Å². The van der Waals surface area contributed by atoms with Crippen LogP contribution < -0.4 is 11.1 Å². The normalized spacial score (nSPS) is 22.3. The van der Waals surface area contributed by atoms with Crippen LogP contribution in [-0.2, 0) is 14.3 Å². The molecule has 0 saturated carbocycles. The maximum atomic E-state index is 13.4. The molecule has 1 aromatic carbocycles. The summed E-state index contributed by atoms with van der Waals surface area (Å²) in [6.45, 7) is 6.22. The number of anilines is 1. The first kappa shape index (κ1) is 25.2. The molecule has 0 radical (unpaired) electrons. The zero-order valence-electron chi connectivity index (χ0n) is 19.9. The average Bonchev–Trinajstić information content (AvgIpc) is 3.23. The van der Waals surface area contributed by atoms with Crippen molar-refractivity contribution in [3.05, 3.63) is 41.1 Å². The van der Waals surface area contributed by atoms with Gasteiger partial charge in [-0.05, 0) is 43.9 Å². The fraction of sp³-hybridized carbons (Fsp3) is 0.520. The van der Waals surface area contributed by atoms with Gasteiger partial charge in [0.15, 0.2) is 0 Å². The van der Waals surface area contributed by atoms with Gasteiger partial charge in [-0.25, -0.2) is 0 Å². The summed E-state index contributed by atoms with van der Waals surface area (Å²) < 4.78 is 5.40. The Morgan fingerprint density at radius 3 is 2.71 bits per heavy atom. The number of amides is 2. The van der Waals surface area contributed by atoms with Gasteiger partial charge in [0.1, 0.15) is 10.3 Å². The molecular formula is C25H32N6O3S. The lowest BCUT2D eigenvalue weighted by Crippen LogP contribution is -2.38. The lowest BCUT2D eigenvalue weighted by Gasteiger charge is -2.27. The van der Waals surface area contributed by atoms with Crippen molar-refractivity contribution in [1.29, 1.82) is 5.26 Å². The highest BCUT2D eigenvalue weighted by Crippen LogP contribution is 2.35. The minimum atomic E-state index is -0.748. The first-order valence-electron chi connectivity index (χ1n) is 12.2. The highest BCUT2D eigenvalue weighted by atomic mass is 32.2. The molecule has 0 spiro atoms. The van der Waals surface area contributed by atoms with E-state index in [1.54, 1.807) is 24.3 Å².